The number of aromatic nitrogens is 1. The van der Waals surface area contributed by atoms with Crippen molar-refractivity contribution in [2.24, 2.45) is 0 Å². The Bertz CT molecular complexity index is 1200. The molecule has 6 nitrogen and oxygen atoms in total. The molecule has 1 aromatic heterocycles. The maximum atomic E-state index is 12.9. The smallest absolute Gasteiger partial charge is 0.257 e. The van der Waals surface area contributed by atoms with Crippen molar-refractivity contribution in [1.29, 1.82) is 0 Å². The number of anilines is 1. The fourth-order valence-electron chi connectivity index (χ4n) is 3.37. The molecule has 1 amide bonds. The van der Waals surface area contributed by atoms with E-state index in [9.17, 15) is 13.2 Å². The number of hydrogen-bond acceptors (Lipinski definition) is 5. The molecule has 1 N–H and O–H groups in total. The second kappa shape index (κ2) is 8.47. The number of nitrogens with zero attached hydrogens (tertiary/aromatic N) is 2. The summed E-state index contributed by atoms with van der Waals surface area (Å²) in [4.78, 5) is 17.5. The SMILES string of the molecule is Cc1ccc(S(=O)(=O)N2CCCC2)cc1C(=O)Nc1nc(-c2ccccc2Cl)cs1. The standard InChI is InChI=1S/C21H20ClN3O3S2/c1-14-8-9-15(30(27,28)25-10-4-5-11-25)12-17(14)20(26)24-21-23-19(13-29-21)16-6-2-3-7-18(16)22/h2-3,6-9,12-13H,4-5,10-11H2,1H3,(H,23,24,26). The lowest BCUT2D eigenvalue weighted by atomic mass is 10.1. The van der Waals surface area contributed by atoms with Crippen LogP contribution in [0, 0.1) is 6.92 Å². The van der Waals surface area contributed by atoms with E-state index < -0.39 is 15.9 Å². The van der Waals surface area contributed by atoms with Gasteiger partial charge < -0.3 is 0 Å². The van der Waals surface area contributed by atoms with Gasteiger partial charge >= 0.3 is 0 Å². The molecule has 0 bridgehead atoms. The average molecular weight is 462 g/mol. The largest absolute Gasteiger partial charge is 0.298 e. The summed E-state index contributed by atoms with van der Waals surface area (Å²) < 4.78 is 27.2. The van der Waals surface area contributed by atoms with Crippen molar-refractivity contribution in [3.05, 3.63) is 64.0 Å². The van der Waals surface area contributed by atoms with E-state index >= 15 is 0 Å². The minimum absolute atomic E-state index is 0.135. The number of sulfonamides is 1. The van der Waals surface area contributed by atoms with E-state index in [0.717, 1.165) is 18.4 Å². The first kappa shape index (κ1) is 21.0. The fraction of sp³-hybridized carbons (Fsp3) is 0.238. The van der Waals surface area contributed by atoms with Crippen LogP contribution in [0.15, 0.2) is 52.7 Å². The van der Waals surface area contributed by atoms with Crippen LogP contribution in [0.2, 0.25) is 5.02 Å². The van der Waals surface area contributed by atoms with Gasteiger partial charge in [-0.1, -0.05) is 35.9 Å². The van der Waals surface area contributed by atoms with Crippen LogP contribution >= 0.6 is 22.9 Å². The van der Waals surface area contributed by atoms with E-state index in [1.165, 1.54) is 21.7 Å². The Kier molecular flexibility index (Phi) is 5.92. The molecule has 2 heterocycles. The number of rotatable bonds is 5. The molecular formula is C21H20ClN3O3S2. The number of hydrogen-bond donors (Lipinski definition) is 1. The van der Waals surface area contributed by atoms with E-state index in [-0.39, 0.29) is 4.90 Å². The molecule has 1 aliphatic rings. The topological polar surface area (TPSA) is 79.4 Å². The molecule has 1 fully saturated rings. The second-order valence-electron chi connectivity index (χ2n) is 7.06. The van der Waals surface area contributed by atoms with Gasteiger partial charge in [0.15, 0.2) is 5.13 Å². The van der Waals surface area contributed by atoms with Gasteiger partial charge in [0.1, 0.15) is 0 Å². The quantitative estimate of drug-likeness (QED) is 0.591. The monoisotopic (exact) mass is 461 g/mol. The van der Waals surface area contributed by atoms with E-state index in [4.69, 9.17) is 11.6 Å². The van der Waals surface area contributed by atoms with Crippen LogP contribution < -0.4 is 5.32 Å². The molecule has 156 valence electrons. The zero-order chi connectivity index (χ0) is 21.3. The first-order valence-electron chi connectivity index (χ1n) is 9.49. The number of carbonyl (C=O) groups excluding carboxylic acids is 1. The summed E-state index contributed by atoms with van der Waals surface area (Å²) >= 11 is 7.50. The molecule has 30 heavy (non-hydrogen) atoms. The van der Waals surface area contributed by atoms with E-state index in [0.29, 0.717) is 40.1 Å². The Hall–Kier alpha value is -2.26. The number of amides is 1. The zero-order valence-electron chi connectivity index (χ0n) is 16.3. The molecule has 1 saturated heterocycles. The number of halogens is 1. The molecule has 0 radical (unpaired) electrons. The lowest BCUT2D eigenvalue weighted by Crippen LogP contribution is -2.28. The fourth-order valence-corrected chi connectivity index (χ4v) is 5.85. The third-order valence-electron chi connectivity index (χ3n) is 5.03. The van der Waals surface area contributed by atoms with Crippen molar-refractivity contribution in [1.82, 2.24) is 9.29 Å². The highest BCUT2D eigenvalue weighted by atomic mass is 35.5. The van der Waals surface area contributed by atoms with Gasteiger partial charge in [0.25, 0.3) is 5.91 Å². The van der Waals surface area contributed by atoms with Crippen LogP contribution in [0.25, 0.3) is 11.3 Å². The highest BCUT2D eigenvalue weighted by Gasteiger charge is 2.28. The molecule has 0 spiro atoms. The van der Waals surface area contributed by atoms with Gasteiger partial charge in [-0.3, -0.25) is 10.1 Å². The number of benzene rings is 2. The van der Waals surface area contributed by atoms with Crippen molar-refractivity contribution in [2.45, 2.75) is 24.7 Å². The molecule has 0 unspecified atom stereocenters. The van der Waals surface area contributed by atoms with E-state index in [1.807, 2.05) is 23.6 Å². The predicted molar refractivity (Wildman–Crippen MR) is 120 cm³/mol. The van der Waals surface area contributed by atoms with Crippen LogP contribution in [0.5, 0.6) is 0 Å². The van der Waals surface area contributed by atoms with E-state index in [1.54, 1.807) is 25.1 Å². The Morgan fingerprint density at radius 1 is 1.17 bits per heavy atom. The van der Waals surface area contributed by atoms with Crippen LogP contribution in [0.4, 0.5) is 5.13 Å². The number of nitrogens with one attached hydrogen (secondary N) is 1. The molecule has 0 saturated carbocycles. The first-order valence-corrected chi connectivity index (χ1v) is 12.2. The maximum Gasteiger partial charge on any atom is 0.257 e. The summed E-state index contributed by atoms with van der Waals surface area (Å²) in [7, 11) is -3.60. The highest BCUT2D eigenvalue weighted by molar-refractivity contribution is 7.89. The van der Waals surface area contributed by atoms with Crippen molar-refractivity contribution in [3.63, 3.8) is 0 Å². The summed E-state index contributed by atoms with van der Waals surface area (Å²) in [6.07, 6.45) is 1.71. The number of carbonyl (C=O) groups is 1. The molecule has 3 aromatic rings. The Morgan fingerprint density at radius 2 is 1.90 bits per heavy atom. The van der Waals surface area contributed by atoms with Crippen molar-refractivity contribution < 1.29 is 13.2 Å². The second-order valence-corrected chi connectivity index (χ2v) is 10.3. The van der Waals surface area contributed by atoms with Crippen LogP contribution in [-0.2, 0) is 10.0 Å². The molecule has 1 aliphatic heterocycles. The van der Waals surface area contributed by atoms with Crippen molar-refractivity contribution in [2.75, 3.05) is 18.4 Å². The average Bonchev–Trinajstić information content (AvgIpc) is 3.41. The molecule has 4 rings (SSSR count). The van der Waals surface area contributed by atoms with Crippen LogP contribution in [-0.4, -0.2) is 36.7 Å². The summed E-state index contributed by atoms with van der Waals surface area (Å²) in [5.74, 6) is -0.397. The van der Waals surface area contributed by atoms with E-state index in [2.05, 4.69) is 10.3 Å². The summed E-state index contributed by atoms with van der Waals surface area (Å²) in [5.41, 5.74) is 2.45. The van der Waals surface area contributed by atoms with Gasteiger partial charge in [0.2, 0.25) is 10.0 Å². The van der Waals surface area contributed by atoms with Gasteiger partial charge in [-0.25, -0.2) is 13.4 Å². The Balaban J connectivity index is 1.58. The maximum absolute atomic E-state index is 12.9. The minimum Gasteiger partial charge on any atom is -0.298 e. The summed E-state index contributed by atoms with van der Waals surface area (Å²) in [6.45, 7) is 2.81. The molecule has 0 atom stereocenters. The third-order valence-corrected chi connectivity index (χ3v) is 8.01. The van der Waals surface area contributed by atoms with Gasteiger partial charge in [-0.05, 0) is 43.5 Å². The first-order chi connectivity index (χ1) is 14.4. The Morgan fingerprint density at radius 3 is 2.63 bits per heavy atom. The Labute approximate surface area is 184 Å². The lowest BCUT2D eigenvalue weighted by Gasteiger charge is -2.16. The molecule has 0 aliphatic carbocycles. The number of thiazole rings is 1. The third kappa shape index (κ3) is 4.13. The van der Waals surface area contributed by atoms with Gasteiger partial charge in [-0.2, -0.15) is 4.31 Å². The van der Waals surface area contributed by atoms with Gasteiger partial charge in [0, 0.05) is 34.6 Å². The molecule has 9 heteroatoms. The summed E-state index contributed by atoms with van der Waals surface area (Å²) in [5, 5.41) is 5.59. The predicted octanol–water partition coefficient (Wildman–Crippen LogP) is 4.81. The van der Waals surface area contributed by atoms with Gasteiger partial charge in [0.05, 0.1) is 10.6 Å². The van der Waals surface area contributed by atoms with Gasteiger partial charge in [-0.15, -0.1) is 11.3 Å². The van der Waals surface area contributed by atoms with Crippen LogP contribution in [0.3, 0.4) is 0 Å². The zero-order valence-corrected chi connectivity index (χ0v) is 18.6. The van der Waals surface area contributed by atoms with Crippen molar-refractivity contribution in [3.8, 4) is 11.3 Å². The molecular weight excluding hydrogens is 442 g/mol. The summed E-state index contributed by atoms with van der Waals surface area (Å²) in [6, 6.07) is 12.0. The van der Waals surface area contributed by atoms with Crippen LogP contribution in [0.1, 0.15) is 28.8 Å². The van der Waals surface area contributed by atoms with Crippen molar-refractivity contribution >= 4 is 44.0 Å². The normalized spacial score (nSPS) is 14.7. The highest BCUT2D eigenvalue weighted by Crippen LogP contribution is 2.31. The number of aryl methyl sites for hydroxylation is 1. The lowest BCUT2D eigenvalue weighted by molar-refractivity contribution is 0.102. The minimum atomic E-state index is -3.60. The molecule has 2 aromatic carbocycles.